The Morgan fingerprint density at radius 3 is 2.74 bits per heavy atom. The Kier molecular flexibility index (Phi) is 6.57. The van der Waals surface area contributed by atoms with Crippen LogP contribution in [0.2, 0.25) is 0 Å². The van der Waals surface area contributed by atoms with E-state index in [2.05, 4.69) is 46.4 Å². The van der Waals surface area contributed by atoms with Gasteiger partial charge in [0.25, 0.3) is 0 Å². The molecule has 2 heterocycles. The number of hydrogen-bond donors (Lipinski definition) is 1. The molecule has 0 saturated heterocycles. The molecule has 0 atom stereocenters. The average Bonchev–Trinajstić information content (AvgIpc) is 3.06. The molecular formula is C21H24N4OS. The lowest BCUT2D eigenvalue weighted by Gasteiger charge is -2.12. The first-order chi connectivity index (χ1) is 13.1. The number of nitrogens with zero attached hydrogens (tertiary/aromatic N) is 3. The van der Waals surface area contributed by atoms with Gasteiger partial charge in [0, 0.05) is 18.1 Å². The third-order valence-corrected chi connectivity index (χ3v) is 4.62. The van der Waals surface area contributed by atoms with Gasteiger partial charge in [0.2, 0.25) is 0 Å². The van der Waals surface area contributed by atoms with E-state index in [0.717, 1.165) is 35.1 Å². The molecule has 0 bridgehead atoms. The minimum Gasteiger partial charge on any atom is -0.453 e. The van der Waals surface area contributed by atoms with Gasteiger partial charge >= 0.3 is 0 Å². The van der Waals surface area contributed by atoms with E-state index in [1.54, 1.807) is 11.3 Å². The molecule has 1 aromatic carbocycles. The van der Waals surface area contributed by atoms with Crippen molar-refractivity contribution in [2.45, 2.75) is 13.3 Å². The standard InChI is InChI=1S/C21H24N4OS/c1-16-15-27-21(23-16)24-20-19(26-18-10-5-4-6-11-18)13-17(14-22-20)9-7-8-12-25(2)3/h4-7,9-11,13-15H,8,12H2,1-3H3,(H,22,23,24). The Bertz CT molecular complexity index is 890. The highest BCUT2D eigenvalue weighted by atomic mass is 32.1. The quantitative estimate of drug-likeness (QED) is 0.571. The van der Waals surface area contributed by atoms with Crippen molar-refractivity contribution in [2.24, 2.45) is 0 Å². The summed E-state index contributed by atoms with van der Waals surface area (Å²) in [6, 6.07) is 11.7. The molecule has 0 spiro atoms. The third-order valence-electron chi connectivity index (χ3n) is 3.74. The van der Waals surface area contributed by atoms with Gasteiger partial charge in [-0.25, -0.2) is 9.97 Å². The zero-order valence-electron chi connectivity index (χ0n) is 15.8. The molecular weight excluding hydrogens is 356 g/mol. The van der Waals surface area contributed by atoms with E-state index < -0.39 is 0 Å². The summed E-state index contributed by atoms with van der Waals surface area (Å²) in [5, 5.41) is 6.06. The van der Waals surface area contributed by atoms with Crippen LogP contribution in [0.1, 0.15) is 17.7 Å². The number of benzene rings is 1. The van der Waals surface area contributed by atoms with Crippen LogP contribution in [0.3, 0.4) is 0 Å². The SMILES string of the molecule is Cc1csc(Nc2ncc(C=CCCN(C)C)cc2Oc2ccccc2)n1. The number of aromatic nitrogens is 2. The van der Waals surface area contributed by atoms with E-state index in [9.17, 15) is 0 Å². The molecule has 0 saturated carbocycles. The lowest BCUT2D eigenvalue weighted by atomic mass is 10.2. The maximum atomic E-state index is 6.08. The molecule has 27 heavy (non-hydrogen) atoms. The fourth-order valence-corrected chi connectivity index (χ4v) is 3.09. The van der Waals surface area contributed by atoms with Crippen molar-refractivity contribution in [1.29, 1.82) is 0 Å². The fourth-order valence-electron chi connectivity index (χ4n) is 2.40. The van der Waals surface area contributed by atoms with Gasteiger partial charge in [-0.3, -0.25) is 0 Å². The molecule has 0 amide bonds. The van der Waals surface area contributed by atoms with Crippen LogP contribution in [-0.4, -0.2) is 35.5 Å². The van der Waals surface area contributed by atoms with Gasteiger partial charge < -0.3 is 15.0 Å². The Labute approximate surface area is 164 Å². The third kappa shape index (κ3) is 5.91. The van der Waals surface area contributed by atoms with E-state index in [4.69, 9.17) is 4.74 Å². The molecule has 3 aromatic rings. The van der Waals surface area contributed by atoms with Gasteiger partial charge in [-0.2, -0.15) is 0 Å². The zero-order chi connectivity index (χ0) is 19.1. The summed E-state index contributed by atoms with van der Waals surface area (Å²) in [6.07, 6.45) is 7.05. The largest absolute Gasteiger partial charge is 0.453 e. The number of nitrogens with one attached hydrogen (secondary N) is 1. The summed E-state index contributed by atoms with van der Waals surface area (Å²) in [5.74, 6) is 2.09. The number of aryl methyl sites for hydroxylation is 1. The van der Waals surface area contributed by atoms with E-state index in [0.29, 0.717) is 11.6 Å². The van der Waals surface area contributed by atoms with Crippen molar-refractivity contribution in [3.05, 3.63) is 65.3 Å². The van der Waals surface area contributed by atoms with Crippen LogP contribution in [0.5, 0.6) is 11.5 Å². The normalized spacial score (nSPS) is 11.3. The molecule has 1 N–H and O–H groups in total. The van der Waals surface area contributed by atoms with Gasteiger partial charge in [-0.05, 0) is 51.2 Å². The maximum Gasteiger partial charge on any atom is 0.188 e. The van der Waals surface area contributed by atoms with Gasteiger partial charge in [0.05, 0.1) is 5.69 Å². The highest BCUT2D eigenvalue weighted by Crippen LogP contribution is 2.32. The summed E-state index contributed by atoms with van der Waals surface area (Å²) in [7, 11) is 4.14. The molecule has 3 rings (SSSR count). The molecule has 140 valence electrons. The molecule has 0 aliphatic heterocycles. The van der Waals surface area contributed by atoms with Crippen molar-refractivity contribution < 1.29 is 4.74 Å². The van der Waals surface area contributed by atoms with Gasteiger partial charge in [0.15, 0.2) is 16.7 Å². The van der Waals surface area contributed by atoms with Crippen molar-refractivity contribution >= 4 is 28.4 Å². The lowest BCUT2D eigenvalue weighted by Crippen LogP contribution is -2.11. The Morgan fingerprint density at radius 1 is 1.22 bits per heavy atom. The summed E-state index contributed by atoms with van der Waals surface area (Å²) < 4.78 is 6.08. The minimum atomic E-state index is 0.652. The minimum absolute atomic E-state index is 0.652. The van der Waals surface area contributed by atoms with Gasteiger partial charge in [0.1, 0.15) is 5.75 Å². The molecule has 0 aliphatic carbocycles. The first-order valence-electron chi connectivity index (χ1n) is 8.83. The van der Waals surface area contributed by atoms with Gasteiger partial charge in [-0.15, -0.1) is 11.3 Å². The van der Waals surface area contributed by atoms with Crippen LogP contribution in [0.25, 0.3) is 6.08 Å². The highest BCUT2D eigenvalue weighted by molar-refractivity contribution is 7.13. The summed E-state index contributed by atoms with van der Waals surface area (Å²) in [4.78, 5) is 11.2. The van der Waals surface area contributed by atoms with Crippen LogP contribution in [0, 0.1) is 6.92 Å². The molecule has 6 heteroatoms. The molecule has 0 radical (unpaired) electrons. The van der Waals surface area contributed by atoms with Crippen LogP contribution in [-0.2, 0) is 0 Å². The molecule has 2 aromatic heterocycles. The predicted molar refractivity (Wildman–Crippen MR) is 113 cm³/mol. The number of pyridine rings is 1. The highest BCUT2D eigenvalue weighted by Gasteiger charge is 2.10. The first-order valence-corrected chi connectivity index (χ1v) is 9.71. The fraction of sp³-hybridized carbons (Fsp3) is 0.238. The Morgan fingerprint density at radius 2 is 2.04 bits per heavy atom. The topological polar surface area (TPSA) is 50.3 Å². The zero-order valence-corrected chi connectivity index (χ0v) is 16.7. The average molecular weight is 381 g/mol. The van der Waals surface area contributed by atoms with E-state index in [1.165, 1.54) is 0 Å². The maximum absolute atomic E-state index is 6.08. The van der Waals surface area contributed by atoms with E-state index in [1.807, 2.05) is 54.9 Å². The van der Waals surface area contributed by atoms with Crippen molar-refractivity contribution in [2.75, 3.05) is 26.0 Å². The van der Waals surface area contributed by atoms with E-state index in [-0.39, 0.29) is 0 Å². The van der Waals surface area contributed by atoms with Crippen molar-refractivity contribution in [3.8, 4) is 11.5 Å². The van der Waals surface area contributed by atoms with Crippen molar-refractivity contribution in [3.63, 3.8) is 0 Å². The Hall–Kier alpha value is -2.70. The van der Waals surface area contributed by atoms with E-state index >= 15 is 0 Å². The summed E-state index contributed by atoms with van der Waals surface area (Å²) >= 11 is 1.55. The number of anilines is 2. The van der Waals surface area contributed by atoms with Crippen LogP contribution in [0.4, 0.5) is 10.9 Å². The lowest BCUT2D eigenvalue weighted by molar-refractivity contribution is 0.417. The summed E-state index contributed by atoms with van der Waals surface area (Å²) in [5.41, 5.74) is 1.98. The molecule has 0 fully saturated rings. The smallest absolute Gasteiger partial charge is 0.188 e. The first kappa shape index (κ1) is 19.1. The predicted octanol–water partition coefficient (Wildman–Crippen LogP) is 5.35. The molecule has 0 unspecified atom stereocenters. The van der Waals surface area contributed by atoms with Crippen LogP contribution < -0.4 is 10.1 Å². The van der Waals surface area contributed by atoms with Crippen LogP contribution in [0.15, 0.2) is 54.1 Å². The number of para-hydroxylation sites is 1. The monoisotopic (exact) mass is 380 g/mol. The number of thiazole rings is 1. The number of rotatable bonds is 8. The van der Waals surface area contributed by atoms with Gasteiger partial charge in [-0.1, -0.05) is 30.4 Å². The number of hydrogen-bond acceptors (Lipinski definition) is 6. The summed E-state index contributed by atoms with van der Waals surface area (Å²) in [6.45, 7) is 2.98. The second-order valence-corrected chi connectivity index (χ2v) is 7.30. The second kappa shape index (κ2) is 9.30. The number of ether oxygens (including phenoxy) is 1. The molecule has 5 nitrogen and oxygen atoms in total. The second-order valence-electron chi connectivity index (χ2n) is 6.44. The molecule has 0 aliphatic rings. The van der Waals surface area contributed by atoms with Crippen LogP contribution >= 0.6 is 11.3 Å². The van der Waals surface area contributed by atoms with Crippen molar-refractivity contribution in [1.82, 2.24) is 14.9 Å². The Balaban J connectivity index is 1.82.